The molecule has 3 nitrogen and oxygen atoms in total. The Kier molecular flexibility index (Phi) is 5.85. The van der Waals surface area contributed by atoms with Crippen LogP contribution in [0.1, 0.15) is 26.2 Å². The molecular formula is C12H15BrO3S. The van der Waals surface area contributed by atoms with E-state index in [1.807, 2.05) is 6.92 Å². The minimum absolute atomic E-state index is 0.453. The molecule has 0 heterocycles. The fraction of sp³-hybridized carbons (Fsp3) is 0.417. The normalized spacial score (nSPS) is 14.2. The second kappa shape index (κ2) is 6.91. The number of aliphatic carboxylic acids is 1. The Labute approximate surface area is 112 Å². The molecule has 2 unspecified atom stereocenters. The first-order chi connectivity index (χ1) is 8.06. The van der Waals surface area contributed by atoms with Crippen molar-refractivity contribution in [2.75, 3.05) is 0 Å². The molecule has 0 saturated heterocycles. The topological polar surface area (TPSA) is 54.4 Å². The Hall–Kier alpha value is -0.680. The van der Waals surface area contributed by atoms with E-state index in [4.69, 9.17) is 5.11 Å². The predicted octanol–water partition coefficient (Wildman–Crippen LogP) is 3.20. The van der Waals surface area contributed by atoms with Gasteiger partial charge in [-0.3, -0.25) is 9.00 Å². The molecule has 0 amide bonds. The second-order valence-corrected chi connectivity index (χ2v) is 6.27. The standard InChI is InChI=1S/C12H15BrO3S/c1-2-3-4-11(12(14)15)17(16)10-7-5-9(13)6-8-10/h5-8,11H,2-4H2,1H3,(H,14,15). The van der Waals surface area contributed by atoms with Gasteiger partial charge in [0.1, 0.15) is 5.25 Å². The lowest BCUT2D eigenvalue weighted by Gasteiger charge is -2.11. The number of benzene rings is 1. The van der Waals surface area contributed by atoms with Gasteiger partial charge in [-0.15, -0.1) is 0 Å². The Bertz CT molecular complexity index is 403. The van der Waals surface area contributed by atoms with Crippen molar-refractivity contribution < 1.29 is 14.1 Å². The molecule has 1 rings (SSSR count). The van der Waals surface area contributed by atoms with Crippen LogP contribution >= 0.6 is 15.9 Å². The summed E-state index contributed by atoms with van der Waals surface area (Å²) >= 11 is 3.29. The number of carbonyl (C=O) groups is 1. The average Bonchev–Trinajstić information content (AvgIpc) is 2.29. The molecular weight excluding hydrogens is 304 g/mol. The zero-order valence-corrected chi connectivity index (χ0v) is 12.0. The highest BCUT2D eigenvalue weighted by Gasteiger charge is 2.25. The van der Waals surface area contributed by atoms with Crippen LogP contribution in [0.5, 0.6) is 0 Å². The maximum atomic E-state index is 12.1. The Balaban J connectivity index is 2.84. The van der Waals surface area contributed by atoms with E-state index in [1.165, 1.54) is 0 Å². The minimum atomic E-state index is -1.48. The summed E-state index contributed by atoms with van der Waals surface area (Å²) in [6.45, 7) is 1.99. The molecule has 1 N–H and O–H groups in total. The molecule has 17 heavy (non-hydrogen) atoms. The molecule has 0 radical (unpaired) electrons. The molecule has 5 heteroatoms. The third kappa shape index (κ3) is 4.24. The quantitative estimate of drug-likeness (QED) is 0.876. The van der Waals surface area contributed by atoms with Gasteiger partial charge in [-0.25, -0.2) is 0 Å². The Morgan fingerprint density at radius 1 is 1.41 bits per heavy atom. The van der Waals surface area contributed by atoms with E-state index < -0.39 is 22.0 Å². The summed E-state index contributed by atoms with van der Waals surface area (Å²) in [5.41, 5.74) is 0. The van der Waals surface area contributed by atoms with E-state index in [0.29, 0.717) is 11.3 Å². The van der Waals surface area contributed by atoms with Gasteiger partial charge in [0.05, 0.1) is 10.8 Å². The van der Waals surface area contributed by atoms with Gasteiger partial charge < -0.3 is 5.11 Å². The molecule has 94 valence electrons. The first-order valence-electron chi connectivity index (χ1n) is 5.45. The summed E-state index contributed by atoms with van der Waals surface area (Å²) in [7, 11) is -1.48. The van der Waals surface area contributed by atoms with Crippen molar-refractivity contribution in [3.63, 3.8) is 0 Å². The van der Waals surface area contributed by atoms with E-state index in [-0.39, 0.29) is 0 Å². The van der Waals surface area contributed by atoms with Gasteiger partial charge in [-0.2, -0.15) is 0 Å². The molecule has 0 aromatic heterocycles. The molecule has 0 aliphatic heterocycles. The number of halogens is 1. The minimum Gasteiger partial charge on any atom is -0.480 e. The van der Waals surface area contributed by atoms with Crippen LogP contribution in [-0.4, -0.2) is 20.5 Å². The predicted molar refractivity (Wildman–Crippen MR) is 71.5 cm³/mol. The lowest BCUT2D eigenvalue weighted by atomic mass is 10.2. The van der Waals surface area contributed by atoms with Crippen molar-refractivity contribution in [2.24, 2.45) is 0 Å². The zero-order valence-electron chi connectivity index (χ0n) is 9.56. The summed E-state index contributed by atoms with van der Waals surface area (Å²) < 4.78 is 13.0. The monoisotopic (exact) mass is 318 g/mol. The van der Waals surface area contributed by atoms with Crippen LogP contribution in [0, 0.1) is 0 Å². The summed E-state index contributed by atoms with van der Waals surface area (Å²) in [6.07, 6.45) is 2.13. The fourth-order valence-electron chi connectivity index (χ4n) is 1.44. The van der Waals surface area contributed by atoms with Crippen LogP contribution in [0.3, 0.4) is 0 Å². The number of hydrogen-bond donors (Lipinski definition) is 1. The van der Waals surface area contributed by atoms with Crippen molar-refractivity contribution in [3.8, 4) is 0 Å². The van der Waals surface area contributed by atoms with E-state index >= 15 is 0 Å². The van der Waals surface area contributed by atoms with E-state index in [2.05, 4.69) is 15.9 Å². The lowest BCUT2D eigenvalue weighted by molar-refractivity contribution is -0.136. The third-order valence-electron chi connectivity index (χ3n) is 2.40. The second-order valence-electron chi connectivity index (χ2n) is 3.72. The molecule has 0 aliphatic carbocycles. The van der Waals surface area contributed by atoms with Crippen LogP contribution in [-0.2, 0) is 15.6 Å². The van der Waals surface area contributed by atoms with Gasteiger partial charge in [0, 0.05) is 9.37 Å². The van der Waals surface area contributed by atoms with E-state index in [1.54, 1.807) is 24.3 Å². The molecule has 1 aromatic rings. The number of rotatable bonds is 6. The molecule has 0 saturated carbocycles. The first-order valence-corrected chi connectivity index (χ1v) is 7.45. The van der Waals surface area contributed by atoms with Gasteiger partial charge in [0.15, 0.2) is 0 Å². The van der Waals surface area contributed by atoms with Gasteiger partial charge in [-0.05, 0) is 30.7 Å². The van der Waals surface area contributed by atoms with Gasteiger partial charge >= 0.3 is 5.97 Å². The van der Waals surface area contributed by atoms with Crippen LogP contribution in [0.4, 0.5) is 0 Å². The lowest BCUT2D eigenvalue weighted by Crippen LogP contribution is -2.25. The molecule has 0 aliphatic rings. The fourth-order valence-corrected chi connectivity index (χ4v) is 3.01. The summed E-state index contributed by atoms with van der Waals surface area (Å²) in [5.74, 6) is -0.986. The van der Waals surface area contributed by atoms with Crippen LogP contribution < -0.4 is 0 Å². The Morgan fingerprint density at radius 3 is 2.47 bits per heavy atom. The maximum absolute atomic E-state index is 12.1. The molecule has 0 bridgehead atoms. The third-order valence-corrected chi connectivity index (χ3v) is 4.62. The number of carboxylic acids is 1. The molecule has 2 atom stereocenters. The van der Waals surface area contributed by atoms with Gasteiger partial charge in [0.25, 0.3) is 0 Å². The number of hydrogen-bond acceptors (Lipinski definition) is 2. The van der Waals surface area contributed by atoms with Crippen molar-refractivity contribution in [1.82, 2.24) is 0 Å². The van der Waals surface area contributed by atoms with Crippen LogP contribution in [0.25, 0.3) is 0 Å². The molecule has 0 fully saturated rings. The maximum Gasteiger partial charge on any atom is 0.319 e. The smallest absolute Gasteiger partial charge is 0.319 e. The average molecular weight is 319 g/mol. The number of carboxylic acid groups (broad SMARTS) is 1. The van der Waals surface area contributed by atoms with Crippen LogP contribution in [0.2, 0.25) is 0 Å². The highest BCUT2D eigenvalue weighted by molar-refractivity contribution is 9.10. The van der Waals surface area contributed by atoms with Crippen molar-refractivity contribution in [3.05, 3.63) is 28.7 Å². The number of unbranched alkanes of at least 4 members (excludes halogenated alkanes) is 1. The van der Waals surface area contributed by atoms with Gasteiger partial charge in [-0.1, -0.05) is 35.7 Å². The zero-order chi connectivity index (χ0) is 12.8. The molecule has 0 spiro atoms. The van der Waals surface area contributed by atoms with E-state index in [0.717, 1.165) is 17.3 Å². The SMILES string of the molecule is CCCCC(C(=O)O)S(=O)c1ccc(Br)cc1. The van der Waals surface area contributed by atoms with Gasteiger partial charge in [0.2, 0.25) is 0 Å². The Morgan fingerprint density at radius 2 is 2.00 bits per heavy atom. The van der Waals surface area contributed by atoms with Crippen molar-refractivity contribution in [1.29, 1.82) is 0 Å². The summed E-state index contributed by atoms with van der Waals surface area (Å²) in [6, 6.07) is 6.93. The van der Waals surface area contributed by atoms with E-state index in [9.17, 15) is 9.00 Å². The highest BCUT2D eigenvalue weighted by Crippen LogP contribution is 2.19. The van der Waals surface area contributed by atoms with Crippen LogP contribution in [0.15, 0.2) is 33.6 Å². The highest BCUT2D eigenvalue weighted by atomic mass is 79.9. The molecule has 1 aromatic carbocycles. The van der Waals surface area contributed by atoms with Crippen molar-refractivity contribution >= 4 is 32.7 Å². The summed E-state index contributed by atoms with van der Waals surface area (Å²) in [4.78, 5) is 11.7. The van der Waals surface area contributed by atoms with Crippen molar-refractivity contribution in [2.45, 2.75) is 36.3 Å². The largest absolute Gasteiger partial charge is 0.480 e. The first kappa shape index (κ1) is 14.4. The summed E-state index contributed by atoms with van der Waals surface area (Å²) in [5, 5.41) is 8.27.